The predicted octanol–water partition coefficient (Wildman–Crippen LogP) is 3.47. The standard InChI is InChI=1S/C13H14BrNO/c1-4-10-8(3)13(16)11-7(2)5-6-9(14)12(11)15-10/h5-6H,4H2,1-3H3,(H,15,16). The molecule has 0 unspecified atom stereocenters. The molecular formula is C13H14BrNO. The molecule has 1 N–H and O–H groups in total. The van der Waals surface area contributed by atoms with Crippen molar-refractivity contribution in [1.29, 1.82) is 0 Å². The lowest BCUT2D eigenvalue weighted by Crippen LogP contribution is -2.12. The lowest BCUT2D eigenvalue weighted by atomic mass is 10.0. The van der Waals surface area contributed by atoms with Crippen LogP contribution in [0.5, 0.6) is 0 Å². The number of fused-ring (bicyclic) bond motifs is 1. The Balaban J connectivity index is 3.04. The number of benzene rings is 1. The van der Waals surface area contributed by atoms with E-state index in [1.165, 1.54) is 0 Å². The fraction of sp³-hybridized carbons (Fsp3) is 0.308. The molecule has 2 aromatic rings. The van der Waals surface area contributed by atoms with E-state index in [4.69, 9.17) is 0 Å². The molecule has 3 heteroatoms. The van der Waals surface area contributed by atoms with Crippen molar-refractivity contribution in [2.45, 2.75) is 27.2 Å². The van der Waals surface area contributed by atoms with Crippen LogP contribution in [-0.2, 0) is 6.42 Å². The van der Waals surface area contributed by atoms with Crippen molar-refractivity contribution in [3.8, 4) is 0 Å². The summed E-state index contributed by atoms with van der Waals surface area (Å²) in [6, 6.07) is 3.94. The molecule has 0 radical (unpaired) electrons. The highest BCUT2D eigenvalue weighted by atomic mass is 79.9. The molecule has 1 aromatic heterocycles. The number of hydrogen-bond acceptors (Lipinski definition) is 1. The highest BCUT2D eigenvalue weighted by Gasteiger charge is 2.10. The van der Waals surface area contributed by atoms with Crippen LogP contribution in [0.15, 0.2) is 21.4 Å². The number of halogens is 1. The third-order valence-corrected chi connectivity index (χ3v) is 3.67. The molecular weight excluding hydrogens is 266 g/mol. The Labute approximate surface area is 103 Å². The van der Waals surface area contributed by atoms with E-state index in [9.17, 15) is 4.79 Å². The zero-order chi connectivity index (χ0) is 11.9. The van der Waals surface area contributed by atoms with Gasteiger partial charge in [0.05, 0.1) is 5.52 Å². The Morgan fingerprint density at radius 3 is 2.62 bits per heavy atom. The predicted molar refractivity (Wildman–Crippen MR) is 71.1 cm³/mol. The van der Waals surface area contributed by atoms with Crippen LogP contribution < -0.4 is 5.43 Å². The molecule has 0 fully saturated rings. The third-order valence-electron chi connectivity index (χ3n) is 3.01. The first-order valence-corrected chi connectivity index (χ1v) is 6.16. The van der Waals surface area contributed by atoms with Gasteiger partial charge < -0.3 is 4.98 Å². The SMILES string of the molecule is CCc1[nH]c2c(Br)ccc(C)c2c(=O)c1C. The lowest BCUT2D eigenvalue weighted by Gasteiger charge is -2.09. The topological polar surface area (TPSA) is 32.9 Å². The van der Waals surface area contributed by atoms with Gasteiger partial charge in [0.25, 0.3) is 0 Å². The minimum atomic E-state index is 0.143. The number of nitrogens with one attached hydrogen (secondary N) is 1. The van der Waals surface area contributed by atoms with Crippen LogP contribution in [0, 0.1) is 13.8 Å². The second-order valence-electron chi connectivity index (χ2n) is 4.03. The van der Waals surface area contributed by atoms with Gasteiger partial charge in [-0.1, -0.05) is 13.0 Å². The lowest BCUT2D eigenvalue weighted by molar-refractivity contribution is 1.02. The van der Waals surface area contributed by atoms with Gasteiger partial charge in [0.15, 0.2) is 5.43 Å². The van der Waals surface area contributed by atoms with Gasteiger partial charge in [-0.2, -0.15) is 0 Å². The van der Waals surface area contributed by atoms with Gasteiger partial charge in [-0.25, -0.2) is 0 Å². The van der Waals surface area contributed by atoms with Crippen LogP contribution in [-0.4, -0.2) is 4.98 Å². The smallest absolute Gasteiger partial charge is 0.192 e. The van der Waals surface area contributed by atoms with Crippen molar-refractivity contribution in [3.63, 3.8) is 0 Å². The van der Waals surface area contributed by atoms with Crippen molar-refractivity contribution in [1.82, 2.24) is 4.98 Å². The Morgan fingerprint density at radius 1 is 1.31 bits per heavy atom. The van der Waals surface area contributed by atoms with E-state index in [0.29, 0.717) is 0 Å². The minimum Gasteiger partial charge on any atom is -0.357 e. The van der Waals surface area contributed by atoms with Crippen LogP contribution in [0.1, 0.15) is 23.7 Å². The van der Waals surface area contributed by atoms with E-state index in [-0.39, 0.29) is 5.43 Å². The molecule has 1 heterocycles. The van der Waals surface area contributed by atoms with Gasteiger partial charge in [0, 0.05) is 21.1 Å². The summed E-state index contributed by atoms with van der Waals surface area (Å²) in [6.45, 7) is 5.90. The average Bonchev–Trinajstić information content (AvgIpc) is 2.27. The molecule has 84 valence electrons. The van der Waals surface area contributed by atoms with E-state index in [0.717, 1.165) is 38.6 Å². The molecule has 0 saturated heterocycles. The summed E-state index contributed by atoms with van der Waals surface area (Å²) >= 11 is 3.48. The van der Waals surface area contributed by atoms with E-state index in [1.54, 1.807) is 0 Å². The Hall–Kier alpha value is -1.09. The normalized spacial score (nSPS) is 11.0. The van der Waals surface area contributed by atoms with Crippen molar-refractivity contribution in [3.05, 3.63) is 43.6 Å². The third kappa shape index (κ3) is 1.59. The number of aryl methyl sites for hydroxylation is 2. The van der Waals surface area contributed by atoms with Crippen molar-refractivity contribution in [2.24, 2.45) is 0 Å². The number of H-pyrrole nitrogens is 1. The van der Waals surface area contributed by atoms with Crippen molar-refractivity contribution >= 4 is 26.8 Å². The van der Waals surface area contributed by atoms with Crippen molar-refractivity contribution in [2.75, 3.05) is 0 Å². The quantitative estimate of drug-likeness (QED) is 0.852. The molecule has 0 amide bonds. The van der Waals surface area contributed by atoms with Crippen LogP contribution in [0.25, 0.3) is 10.9 Å². The Kier molecular flexibility index (Phi) is 2.89. The summed E-state index contributed by atoms with van der Waals surface area (Å²) in [7, 11) is 0. The van der Waals surface area contributed by atoms with E-state index < -0.39 is 0 Å². The molecule has 0 aliphatic carbocycles. The molecule has 1 aromatic carbocycles. The molecule has 0 aliphatic heterocycles. The second kappa shape index (κ2) is 4.06. The Bertz CT molecular complexity index is 613. The summed E-state index contributed by atoms with van der Waals surface area (Å²) in [5.74, 6) is 0. The first-order valence-electron chi connectivity index (χ1n) is 5.36. The molecule has 0 spiro atoms. The highest BCUT2D eigenvalue weighted by Crippen LogP contribution is 2.23. The van der Waals surface area contributed by atoms with Crippen LogP contribution in [0.3, 0.4) is 0 Å². The van der Waals surface area contributed by atoms with Gasteiger partial charge in [0.2, 0.25) is 0 Å². The first kappa shape index (κ1) is 11.4. The molecule has 16 heavy (non-hydrogen) atoms. The summed E-state index contributed by atoms with van der Waals surface area (Å²) in [5, 5.41) is 0.795. The second-order valence-corrected chi connectivity index (χ2v) is 4.88. The van der Waals surface area contributed by atoms with Gasteiger partial charge in [0.1, 0.15) is 0 Å². The highest BCUT2D eigenvalue weighted by molar-refractivity contribution is 9.10. The maximum absolute atomic E-state index is 12.2. The van der Waals surface area contributed by atoms with Gasteiger partial charge in [-0.05, 0) is 47.8 Å². The monoisotopic (exact) mass is 279 g/mol. The maximum atomic E-state index is 12.2. The average molecular weight is 280 g/mol. The molecule has 2 nitrogen and oxygen atoms in total. The van der Waals surface area contributed by atoms with Crippen LogP contribution in [0.4, 0.5) is 0 Å². The van der Waals surface area contributed by atoms with Crippen LogP contribution >= 0.6 is 15.9 Å². The fourth-order valence-electron chi connectivity index (χ4n) is 2.02. The first-order chi connectivity index (χ1) is 7.56. The minimum absolute atomic E-state index is 0.143. The van der Waals surface area contributed by atoms with Gasteiger partial charge >= 0.3 is 0 Å². The largest absolute Gasteiger partial charge is 0.357 e. The fourth-order valence-corrected chi connectivity index (χ4v) is 2.45. The molecule has 0 aliphatic rings. The number of aromatic amines is 1. The summed E-state index contributed by atoms with van der Waals surface area (Å²) < 4.78 is 0.944. The number of rotatable bonds is 1. The van der Waals surface area contributed by atoms with E-state index >= 15 is 0 Å². The zero-order valence-electron chi connectivity index (χ0n) is 9.65. The summed E-state index contributed by atoms with van der Waals surface area (Å²) in [6.07, 6.45) is 0.845. The molecule has 2 rings (SSSR count). The maximum Gasteiger partial charge on any atom is 0.192 e. The Morgan fingerprint density at radius 2 is 2.00 bits per heavy atom. The van der Waals surface area contributed by atoms with Crippen molar-refractivity contribution < 1.29 is 0 Å². The molecule has 0 atom stereocenters. The summed E-state index contributed by atoms with van der Waals surface area (Å²) in [5.41, 5.74) is 3.92. The van der Waals surface area contributed by atoms with Gasteiger partial charge in [-0.15, -0.1) is 0 Å². The van der Waals surface area contributed by atoms with E-state index in [1.807, 2.05) is 32.9 Å². The van der Waals surface area contributed by atoms with Crippen LogP contribution in [0.2, 0.25) is 0 Å². The number of aromatic nitrogens is 1. The number of hydrogen-bond donors (Lipinski definition) is 1. The van der Waals surface area contributed by atoms with Gasteiger partial charge in [-0.3, -0.25) is 4.79 Å². The summed E-state index contributed by atoms with van der Waals surface area (Å²) in [4.78, 5) is 15.6. The molecule has 0 bridgehead atoms. The van der Waals surface area contributed by atoms with E-state index in [2.05, 4.69) is 20.9 Å². The zero-order valence-corrected chi connectivity index (χ0v) is 11.2. The number of pyridine rings is 1. The molecule has 0 saturated carbocycles.